The summed E-state index contributed by atoms with van der Waals surface area (Å²) >= 11 is 0. The third-order valence-electron chi connectivity index (χ3n) is 5.95. The zero-order valence-electron chi connectivity index (χ0n) is 12.2. The van der Waals surface area contributed by atoms with Crippen LogP contribution in [0.3, 0.4) is 0 Å². The van der Waals surface area contributed by atoms with Gasteiger partial charge in [0.05, 0.1) is 0 Å². The highest BCUT2D eigenvalue weighted by Crippen LogP contribution is 2.59. The third-order valence-corrected chi connectivity index (χ3v) is 5.95. The highest BCUT2D eigenvalue weighted by atomic mass is 16.1. The second kappa shape index (κ2) is 5.08. The zero-order valence-corrected chi connectivity index (χ0v) is 12.2. The molecule has 3 nitrogen and oxygen atoms in total. The number of nitrogens with two attached hydrogens (primary N) is 1. The highest BCUT2D eigenvalue weighted by Gasteiger charge is 2.50. The molecule has 0 aromatic heterocycles. The summed E-state index contributed by atoms with van der Waals surface area (Å²) in [6.45, 7) is 3.43. The van der Waals surface area contributed by atoms with Crippen LogP contribution in [0.2, 0.25) is 0 Å². The van der Waals surface area contributed by atoms with Crippen molar-refractivity contribution in [3.63, 3.8) is 0 Å². The Labute approximate surface area is 116 Å². The summed E-state index contributed by atoms with van der Waals surface area (Å²) in [6.07, 6.45) is 9.33. The lowest BCUT2D eigenvalue weighted by atomic mass is 9.49. The standard InChI is InChI=1S/C16H28N2O/c1-2-14(9-17)15(19)18-10-16-6-11-3-12(7-16)5-13(4-11)8-16/h11-14H,2-10,17H2,1H3,(H,18,19). The van der Waals surface area contributed by atoms with Crippen LogP contribution in [0.15, 0.2) is 0 Å². The van der Waals surface area contributed by atoms with Crippen LogP contribution in [0.25, 0.3) is 0 Å². The molecule has 1 unspecified atom stereocenters. The van der Waals surface area contributed by atoms with Gasteiger partial charge in [-0.25, -0.2) is 0 Å². The summed E-state index contributed by atoms with van der Waals surface area (Å²) in [5.74, 6) is 3.06. The molecule has 0 saturated heterocycles. The van der Waals surface area contributed by atoms with Crippen molar-refractivity contribution >= 4 is 5.91 Å². The molecule has 1 amide bonds. The second-order valence-electron chi connectivity index (χ2n) is 7.48. The summed E-state index contributed by atoms with van der Waals surface area (Å²) in [5.41, 5.74) is 6.10. The molecule has 0 aromatic rings. The van der Waals surface area contributed by atoms with E-state index >= 15 is 0 Å². The van der Waals surface area contributed by atoms with Gasteiger partial charge in [-0.15, -0.1) is 0 Å². The van der Waals surface area contributed by atoms with Crippen LogP contribution < -0.4 is 11.1 Å². The van der Waals surface area contributed by atoms with Crippen molar-refractivity contribution < 1.29 is 4.79 Å². The van der Waals surface area contributed by atoms with E-state index in [0.29, 0.717) is 12.0 Å². The Hall–Kier alpha value is -0.570. The van der Waals surface area contributed by atoms with Gasteiger partial charge in [0.25, 0.3) is 0 Å². The minimum Gasteiger partial charge on any atom is -0.355 e. The van der Waals surface area contributed by atoms with Gasteiger partial charge in [-0.05, 0) is 68.1 Å². The molecule has 0 aromatic carbocycles. The minimum absolute atomic E-state index is 0.00825. The molecule has 108 valence electrons. The molecule has 4 fully saturated rings. The molecule has 0 spiro atoms. The van der Waals surface area contributed by atoms with Crippen LogP contribution in [-0.4, -0.2) is 19.0 Å². The van der Waals surface area contributed by atoms with Gasteiger partial charge in [-0.3, -0.25) is 4.79 Å². The molecule has 4 aliphatic carbocycles. The smallest absolute Gasteiger partial charge is 0.224 e. The summed E-state index contributed by atoms with van der Waals surface area (Å²) in [4.78, 5) is 12.1. The Balaban J connectivity index is 1.59. The quantitative estimate of drug-likeness (QED) is 0.800. The maximum atomic E-state index is 12.1. The monoisotopic (exact) mass is 264 g/mol. The average Bonchev–Trinajstić information content (AvgIpc) is 2.36. The Morgan fingerprint density at radius 3 is 2.16 bits per heavy atom. The van der Waals surface area contributed by atoms with E-state index in [4.69, 9.17) is 5.73 Å². The number of nitrogens with one attached hydrogen (secondary N) is 1. The Morgan fingerprint density at radius 1 is 1.21 bits per heavy atom. The fourth-order valence-corrected chi connectivity index (χ4v) is 5.38. The van der Waals surface area contributed by atoms with Gasteiger partial charge in [0.2, 0.25) is 5.91 Å². The van der Waals surface area contributed by atoms with Crippen LogP contribution in [0.4, 0.5) is 0 Å². The van der Waals surface area contributed by atoms with Crippen LogP contribution >= 0.6 is 0 Å². The maximum Gasteiger partial charge on any atom is 0.224 e. The number of hydrogen-bond donors (Lipinski definition) is 2. The fourth-order valence-electron chi connectivity index (χ4n) is 5.38. The molecule has 3 heteroatoms. The van der Waals surface area contributed by atoms with Crippen LogP contribution in [0, 0.1) is 29.1 Å². The Kier molecular flexibility index (Phi) is 3.59. The van der Waals surface area contributed by atoms with Crippen LogP contribution in [0.5, 0.6) is 0 Å². The van der Waals surface area contributed by atoms with E-state index in [1.807, 2.05) is 6.92 Å². The predicted molar refractivity (Wildman–Crippen MR) is 76.5 cm³/mol. The molecule has 1 atom stereocenters. The van der Waals surface area contributed by atoms with Gasteiger partial charge >= 0.3 is 0 Å². The first-order valence-corrected chi connectivity index (χ1v) is 8.12. The highest BCUT2D eigenvalue weighted by molar-refractivity contribution is 5.78. The van der Waals surface area contributed by atoms with E-state index in [1.54, 1.807) is 0 Å². The minimum atomic E-state index is 0.00825. The van der Waals surface area contributed by atoms with E-state index in [9.17, 15) is 4.79 Å². The van der Waals surface area contributed by atoms with Crippen molar-refractivity contribution in [3.05, 3.63) is 0 Å². The van der Waals surface area contributed by atoms with Gasteiger partial charge in [-0.1, -0.05) is 6.92 Å². The van der Waals surface area contributed by atoms with Gasteiger partial charge in [0, 0.05) is 19.0 Å². The van der Waals surface area contributed by atoms with E-state index in [1.165, 1.54) is 38.5 Å². The first-order chi connectivity index (χ1) is 9.14. The SMILES string of the molecule is CCC(CN)C(=O)NCC12CC3CC(CC(C3)C1)C2. The lowest BCUT2D eigenvalue weighted by molar-refractivity contribution is -0.126. The predicted octanol–water partition coefficient (Wildman–Crippen LogP) is 2.30. The number of amides is 1. The fraction of sp³-hybridized carbons (Fsp3) is 0.938. The van der Waals surface area contributed by atoms with Gasteiger partial charge in [0.15, 0.2) is 0 Å². The topological polar surface area (TPSA) is 55.1 Å². The molecule has 19 heavy (non-hydrogen) atoms. The van der Waals surface area contributed by atoms with Crippen LogP contribution in [-0.2, 0) is 4.79 Å². The lowest BCUT2D eigenvalue weighted by Crippen LogP contribution is -2.52. The maximum absolute atomic E-state index is 12.1. The van der Waals surface area contributed by atoms with Crippen molar-refractivity contribution in [1.82, 2.24) is 5.32 Å². The number of rotatable bonds is 5. The van der Waals surface area contributed by atoms with E-state index in [-0.39, 0.29) is 11.8 Å². The summed E-state index contributed by atoms with van der Waals surface area (Å²) in [7, 11) is 0. The lowest BCUT2D eigenvalue weighted by Gasteiger charge is -2.57. The van der Waals surface area contributed by atoms with Crippen molar-refractivity contribution in [2.75, 3.05) is 13.1 Å². The Bertz CT molecular complexity index is 313. The number of carbonyl (C=O) groups excluding carboxylic acids is 1. The van der Waals surface area contributed by atoms with E-state index in [0.717, 1.165) is 30.7 Å². The van der Waals surface area contributed by atoms with E-state index in [2.05, 4.69) is 5.32 Å². The van der Waals surface area contributed by atoms with E-state index < -0.39 is 0 Å². The summed E-state index contributed by atoms with van der Waals surface area (Å²) in [5, 5.41) is 3.22. The molecular formula is C16H28N2O. The summed E-state index contributed by atoms with van der Waals surface area (Å²) in [6, 6.07) is 0. The van der Waals surface area contributed by atoms with Crippen molar-refractivity contribution in [3.8, 4) is 0 Å². The molecule has 4 rings (SSSR count). The normalized spacial score (nSPS) is 41.3. The first-order valence-electron chi connectivity index (χ1n) is 8.12. The van der Waals surface area contributed by atoms with Gasteiger partial charge in [0.1, 0.15) is 0 Å². The molecular weight excluding hydrogens is 236 g/mol. The number of hydrogen-bond acceptors (Lipinski definition) is 2. The largest absolute Gasteiger partial charge is 0.355 e. The zero-order chi connectivity index (χ0) is 13.5. The molecule has 4 aliphatic rings. The van der Waals surface area contributed by atoms with Crippen molar-refractivity contribution in [2.24, 2.45) is 34.8 Å². The molecule has 0 heterocycles. The Morgan fingerprint density at radius 2 is 1.74 bits per heavy atom. The molecule has 4 saturated carbocycles. The van der Waals surface area contributed by atoms with Crippen molar-refractivity contribution in [2.45, 2.75) is 51.9 Å². The molecule has 4 bridgehead atoms. The average molecular weight is 264 g/mol. The molecule has 0 radical (unpaired) electrons. The molecule has 3 N–H and O–H groups in total. The molecule has 0 aliphatic heterocycles. The number of carbonyl (C=O) groups is 1. The summed E-state index contributed by atoms with van der Waals surface area (Å²) < 4.78 is 0. The van der Waals surface area contributed by atoms with Crippen LogP contribution in [0.1, 0.15) is 51.9 Å². The van der Waals surface area contributed by atoms with Crippen molar-refractivity contribution in [1.29, 1.82) is 0 Å². The van der Waals surface area contributed by atoms with Gasteiger partial charge in [-0.2, -0.15) is 0 Å². The first kappa shape index (κ1) is 13.4. The third kappa shape index (κ3) is 2.54. The second-order valence-corrected chi connectivity index (χ2v) is 7.48. The van der Waals surface area contributed by atoms with Gasteiger partial charge < -0.3 is 11.1 Å².